The van der Waals surface area contributed by atoms with Crippen molar-refractivity contribution >= 4 is 0 Å². The molecule has 0 spiro atoms. The minimum Gasteiger partial charge on any atom is -0.494 e. The van der Waals surface area contributed by atoms with E-state index in [1.165, 1.54) is 5.56 Å². The van der Waals surface area contributed by atoms with Gasteiger partial charge in [0.15, 0.2) is 0 Å². The van der Waals surface area contributed by atoms with Crippen LogP contribution < -0.4 is 4.74 Å². The number of ether oxygens (including phenoxy) is 1. The molecular formula is C13H21NO. The predicted molar refractivity (Wildman–Crippen MR) is 64.3 cm³/mol. The monoisotopic (exact) mass is 207 g/mol. The molecule has 1 aromatic carbocycles. The summed E-state index contributed by atoms with van der Waals surface area (Å²) in [6, 6.07) is 8.90. The third kappa shape index (κ3) is 3.24. The van der Waals surface area contributed by atoms with E-state index in [1.54, 1.807) is 0 Å². The zero-order valence-corrected chi connectivity index (χ0v) is 10.2. The van der Waals surface area contributed by atoms with Crippen LogP contribution in [-0.2, 0) is 0 Å². The standard InChI is InChI=1S/C13H21NO/c1-5-13(14(3)4)11-7-9-12(10-8-11)15-6-2/h7-10,13H,5-6H2,1-4H3. The lowest BCUT2D eigenvalue weighted by Crippen LogP contribution is -2.18. The highest BCUT2D eigenvalue weighted by atomic mass is 16.5. The van der Waals surface area contributed by atoms with Crippen molar-refractivity contribution in [1.29, 1.82) is 0 Å². The van der Waals surface area contributed by atoms with Gasteiger partial charge in [-0.25, -0.2) is 0 Å². The molecule has 0 fully saturated rings. The number of rotatable bonds is 5. The van der Waals surface area contributed by atoms with E-state index in [1.807, 2.05) is 19.1 Å². The van der Waals surface area contributed by atoms with Crippen molar-refractivity contribution in [3.05, 3.63) is 29.8 Å². The number of hydrogen-bond donors (Lipinski definition) is 0. The third-order valence-electron chi connectivity index (χ3n) is 2.59. The first-order valence-corrected chi connectivity index (χ1v) is 5.58. The molecule has 0 aliphatic heterocycles. The first-order chi connectivity index (χ1) is 7.19. The summed E-state index contributed by atoms with van der Waals surface area (Å²) in [5, 5.41) is 0. The molecule has 0 N–H and O–H groups in total. The minimum absolute atomic E-state index is 0.501. The summed E-state index contributed by atoms with van der Waals surface area (Å²) in [6.07, 6.45) is 1.13. The molecule has 0 heterocycles. The maximum absolute atomic E-state index is 5.42. The molecular weight excluding hydrogens is 186 g/mol. The van der Waals surface area contributed by atoms with Crippen LogP contribution in [-0.4, -0.2) is 25.6 Å². The molecule has 0 saturated heterocycles. The average molecular weight is 207 g/mol. The highest BCUT2D eigenvalue weighted by Crippen LogP contribution is 2.23. The van der Waals surface area contributed by atoms with Crippen molar-refractivity contribution in [2.45, 2.75) is 26.3 Å². The Morgan fingerprint density at radius 2 is 1.73 bits per heavy atom. The smallest absolute Gasteiger partial charge is 0.119 e. The fraction of sp³-hybridized carbons (Fsp3) is 0.538. The topological polar surface area (TPSA) is 12.5 Å². The highest BCUT2D eigenvalue weighted by Gasteiger charge is 2.10. The summed E-state index contributed by atoms with van der Waals surface area (Å²) in [5.41, 5.74) is 1.35. The first-order valence-electron chi connectivity index (χ1n) is 5.58. The second-order valence-electron chi connectivity index (χ2n) is 3.89. The molecule has 1 rings (SSSR count). The molecule has 84 valence electrons. The van der Waals surface area contributed by atoms with Crippen molar-refractivity contribution in [3.8, 4) is 5.75 Å². The molecule has 1 atom stereocenters. The van der Waals surface area contributed by atoms with Gasteiger partial charge in [-0.2, -0.15) is 0 Å². The second kappa shape index (κ2) is 5.76. The van der Waals surface area contributed by atoms with Crippen LogP contribution in [0.25, 0.3) is 0 Å². The van der Waals surface area contributed by atoms with Gasteiger partial charge in [0.2, 0.25) is 0 Å². The van der Waals surface area contributed by atoms with Crippen molar-refractivity contribution in [1.82, 2.24) is 4.90 Å². The fourth-order valence-electron chi connectivity index (χ4n) is 1.85. The Kier molecular flexibility index (Phi) is 4.63. The molecule has 0 saturated carbocycles. The maximum atomic E-state index is 5.42. The Balaban J connectivity index is 2.77. The number of benzene rings is 1. The van der Waals surface area contributed by atoms with Crippen LogP contribution in [0.2, 0.25) is 0 Å². The van der Waals surface area contributed by atoms with Crippen molar-refractivity contribution in [3.63, 3.8) is 0 Å². The Labute approximate surface area is 92.9 Å². The Bertz CT molecular complexity index is 279. The van der Waals surface area contributed by atoms with Gasteiger partial charge in [-0.15, -0.1) is 0 Å². The van der Waals surface area contributed by atoms with Gasteiger partial charge in [0.05, 0.1) is 6.61 Å². The van der Waals surface area contributed by atoms with Gasteiger partial charge in [-0.3, -0.25) is 0 Å². The van der Waals surface area contributed by atoms with E-state index in [0.29, 0.717) is 6.04 Å². The zero-order valence-electron chi connectivity index (χ0n) is 10.2. The van der Waals surface area contributed by atoms with Crippen molar-refractivity contribution in [2.24, 2.45) is 0 Å². The maximum Gasteiger partial charge on any atom is 0.119 e. The van der Waals surface area contributed by atoms with Crippen LogP contribution in [0.5, 0.6) is 5.75 Å². The van der Waals surface area contributed by atoms with E-state index in [0.717, 1.165) is 18.8 Å². The zero-order chi connectivity index (χ0) is 11.3. The van der Waals surface area contributed by atoms with E-state index in [2.05, 4.69) is 38.1 Å². The molecule has 0 amide bonds. The van der Waals surface area contributed by atoms with Crippen LogP contribution >= 0.6 is 0 Å². The lowest BCUT2D eigenvalue weighted by molar-refractivity contribution is 0.291. The normalized spacial score (nSPS) is 12.9. The summed E-state index contributed by atoms with van der Waals surface area (Å²) in [6.45, 7) is 4.94. The second-order valence-corrected chi connectivity index (χ2v) is 3.89. The molecule has 2 nitrogen and oxygen atoms in total. The van der Waals surface area contributed by atoms with Gasteiger partial charge < -0.3 is 9.64 Å². The molecule has 1 aromatic rings. The quantitative estimate of drug-likeness (QED) is 0.735. The summed E-state index contributed by atoms with van der Waals surface area (Å²) < 4.78 is 5.42. The lowest BCUT2D eigenvalue weighted by Gasteiger charge is -2.23. The van der Waals surface area contributed by atoms with E-state index in [4.69, 9.17) is 4.74 Å². The van der Waals surface area contributed by atoms with Gasteiger partial charge >= 0.3 is 0 Å². The number of hydrogen-bond acceptors (Lipinski definition) is 2. The lowest BCUT2D eigenvalue weighted by atomic mass is 10.0. The predicted octanol–water partition coefficient (Wildman–Crippen LogP) is 3.10. The van der Waals surface area contributed by atoms with Crippen LogP contribution in [0.15, 0.2) is 24.3 Å². The van der Waals surface area contributed by atoms with E-state index in [-0.39, 0.29) is 0 Å². The van der Waals surface area contributed by atoms with Gasteiger partial charge in [0.25, 0.3) is 0 Å². The summed E-state index contributed by atoms with van der Waals surface area (Å²) in [5.74, 6) is 0.954. The van der Waals surface area contributed by atoms with Gasteiger partial charge in [-0.05, 0) is 45.1 Å². The molecule has 2 heteroatoms. The summed E-state index contributed by atoms with van der Waals surface area (Å²) in [7, 11) is 4.23. The van der Waals surface area contributed by atoms with E-state index in [9.17, 15) is 0 Å². The Morgan fingerprint density at radius 3 is 2.13 bits per heavy atom. The third-order valence-corrected chi connectivity index (χ3v) is 2.59. The van der Waals surface area contributed by atoms with Crippen LogP contribution in [0.1, 0.15) is 31.9 Å². The van der Waals surface area contributed by atoms with E-state index >= 15 is 0 Å². The Morgan fingerprint density at radius 1 is 1.13 bits per heavy atom. The fourth-order valence-corrected chi connectivity index (χ4v) is 1.85. The molecule has 0 radical (unpaired) electrons. The van der Waals surface area contributed by atoms with Crippen LogP contribution in [0, 0.1) is 0 Å². The van der Waals surface area contributed by atoms with E-state index < -0.39 is 0 Å². The van der Waals surface area contributed by atoms with Crippen molar-refractivity contribution < 1.29 is 4.74 Å². The first kappa shape index (κ1) is 12.1. The summed E-state index contributed by atoms with van der Waals surface area (Å²) >= 11 is 0. The van der Waals surface area contributed by atoms with Crippen LogP contribution in [0.3, 0.4) is 0 Å². The molecule has 0 aliphatic carbocycles. The van der Waals surface area contributed by atoms with Gasteiger partial charge in [-0.1, -0.05) is 19.1 Å². The van der Waals surface area contributed by atoms with Crippen molar-refractivity contribution in [2.75, 3.05) is 20.7 Å². The molecule has 0 aliphatic rings. The average Bonchev–Trinajstić information content (AvgIpc) is 2.21. The minimum atomic E-state index is 0.501. The highest BCUT2D eigenvalue weighted by molar-refractivity contribution is 5.29. The molecule has 0 aromatic heterocycles. The molecule has 15 heavy (non-hydrogen) atoms. The van der Waals surface area contributed by atoms with Gasteiger partial charge in [0, 0.05) is 6.04 Å². The van der Waals surface area contributed by atoms with Crippen LogP contribution in [0.4, 0.5) is 0 Å². The largest absolute Gasteiger partial charge is 0.494 e. The number of nitrogens with zero attached hydrogens (tertiary/aromatic N) is 1. The summed E-state index contributed by atoms with van der Waals surface area (Å²) in [4.78, 5) is 2.25. The Hall–Kier alpha value is -1.02. The SMILES string of the molecule is CCOc1ccc(C(CC)N(C)C)cc1. The molecule has 1 unspecified atom stereocenters. The van der Waals surface area contributed by atoms with Gasteiger partial charge in [0.1, 0.15) is 5.75 Å². The molecule has 0 bridgehead atoms.